The van der Waals surface area contributed by atoms with Crippen molar-refractivity contribution in [3.8, 4) is 5.75 Å². The summed E-state index contributed by atoms with van der Waals surface area (Å²) in [6.07, 6.45) is 2.24. The minimum Gasteiger partial charge on any atom is -0.494 e. The highest BCUT2D eigenvalue weighted by molar-refractivity contribution is 6.08. The molecule has 0 saturated heterocycles. The average Bonchev–Trinajstić information content (AvgIpc) is 3.12. The van der Waals surface area contributed by atoms with Crippen LogP contribution in [-0.4, -0.2) is 26.9 Å². The van der Waals surface area contributed by atoms with Crippen molar-refractivity contribution in [2.24, 2.45) is 7.05 Å². The van der Waals surface area contributed by atoms with E-state index in [1.54, 1.807) is 13.2 Å². The van der Waals surface area contributed by atoms with E-state index in [4.69, 9.17) is 4.74 Å². The molecule has 2 heterocycles. The van der Waals surface area contributed by atoms with E-state index in [0.29, 0.717) is 25.1 Å². The first-order valence-corrected chi connectivity index (χ1v) is 10.5. The van der Waals surface area contributed by atoms with Crippen LogP contribution in [-0.2, 0) is 18.4 Å². The highest BCUT2D eigenvalue weighted by atomic mass is 16.5. The molecule has 0 aliphatic heterocycles. The van der Waals surface area contributed by atoms with Gasteiger partial charge in [-0.05, 0) is 37.1 Å². The molecule has 1 atom stereocenters. The van der Waals surface area contributed by atoms with Crippen LogP contribution in [0.3, 0.4) is 0 Å². The van der Waals surface area contributed by atoms with Gasteiger partial charge in [0.05, 0.1) is 18.3 Å². The Kier molecular flexibility index (Phi) is 5.75. The maximum atomic E-state index is 13.2. The Bertz CT molecular complexity index is 1290. The van der Waals surface area contributed by atoms with E-state index in [1.807, 2.05) is 66.9 Å². The van der Waals surface area contributed by atoms with Gasteiger partial charge in [-0.25, -0.2) is 4.68 Å². The lowest BCUT2D eigenvalue weighted by Gasteiger charge is -2.19. The summed E-state index contributed by atoms with van der Waals surface area (Å²) in [5.41, 5.74) is 2.12. The molecule has 31 heavy (non-hydrogen) atoms. The summed E-state index contributed by atoms with van der Waals surface area (Å²) in [6, 6.07) is 14.9. The van der Waals surface area contributed by atoms with Crippen LogP contribution >= 0.6 is 0 Å². The van der Waals surface area contributed by atoms with Crippen molar-refractivity contribution in [1.82, 2.24) is 19.7 Å². The summed E-state index contributed by atoms with van der Waals surface area (Å²) >= 11 is 0. The second kappa shape index (κ2) is 8.63. The van der Waals surface area contributed by atoms with Gasteiger partial charge in [-0.15, -0.1) is 0 Å². The predicted octanol–water partition coefficient (Wildman–Crippen LogP) is 3.55. The third kappa shape index (κ3) is 3.79. The Hall–Kier alpha value is -3.61. The van der Waals surface area contributed by atoms with E-state index in [9.17, 15) is 9.59 Å². The first-order valence-electron chi connectivity index (χ1n) is 10.5. The molecular formula is C24H26N4O3. The SMILES string of the molecule is CCOc1ccc(CNC(=O)[C@H](CC)n2c3ccccc3c3cnn(C)c(=O)c32)cc1. The molecule has 1 amide bonds. The molecule has 0 aliphatic rings. The molecule has 7 nitrogen and oxygen atoms in total. The summed E-state index contributed by atoms with van der Waals surface area (Å²) in [5.74, 6) is 0.677. The van der Waals surface area contributed by atoms with Gasteiger partial charge < -0.3 is 14.6 Å². The van der Waals surface area contributed by atoms with Crippen molar-refractivity contribution in [2.75, 3.05) is 6.61 Å². The molecule has 4 aromatic rings. The first-order chi connectivity index (χ1) is 15.0. The highest BCUT2D eigenvalue weighted by Crippen LogP contribution is 2.30. The van der Waals surface area contributed by atoms with Crippen molar-refractivity contribution in [3.05, 3.63) is 70.6 Å². The zero-order valence-electron chi connectivity index (χ0n) is 18.0. The van der Waals surface area contributed by atoms with Crippen LogP contribution in [0.25, 0.3) is 21.8 Å². The average molecular weight is 418 g/mol. The number of ether oxygens (including phenoxy) is 1. The lowest BCUT2D eigenvalue weighted by molar-refractivity contribution is -0.124. The number of fused-ring (bicyclic) bond motifs is 3. The number of rotatable bonds is 7. The number of para-hydroxylation sites is 1. The molecule has 0 spiro atoms. The Labute approximate surface area is 180 Å². The molecule has 2 aromatic heterocycles. The number of benzene rings is 2. The van der Waals surface area contributed by atoms with Crippen molar-refractivity contribution in [1.29, 1.82) is 0 Å². The zero-order valence-corrected chi connectivity index (χ0v) is 18.0. The van der Waals surface area contributed by atoms with Gasteiger partial charge in [0, 0.05) is 24.4 Å². The zero-order chi connectivity index (χ0) is 22.0. The minimum absolute atomic E-state index is 0.127. The number of amides is 1. The van der Waals surface area contributed by atoms with E-state index in [2.05, 4.69) is 10.4 Å². The standard InChI is InChI=1S/C24H26N4O3/c1-4-20(23(29)25-14-16-10-12-17(13-11-16)31-5-2)28-21-9-7-6-8-18(21)19-15-26-27(3)24(30)22(19)28/h6-13,15,20H,4-5,14H2,1-3H3,(H,25,29)/t20-/m0/s1. The molecule has 0 saturated carbocycles. The Morgan fingerprint density at radius 2 is 1.84 bits per heavy atom. The largest absolute Gasteiger partial charge is 0.494 e. The van der Waals surface area contributed by atoms with Crippen LogP contribution in [0.2, 0.25) is 0 Å². The van der Waals surface area contributed by atoms with Gasteiger partial charge in [0.15, 0.2) is 0 Å². The minimum atomic E-state index is -0.514. The van der Waals surface area contributed by atoms with E-state index in [-0.39, 0.29) is 11.5 Å². The van der Waals surface area contributed by atoms with E-state index >= 15 is 0 Å². The second-order valence-electron chi connectivity index (χ2n) is 7.44. The monoisotopic (exact) mass is 418 g/mol. The van der Waals surface area contributed by atoms with Crippen molar-refractivity contribution in [2.45, 2.75) is 32.9 Å². The summed E-state index contributed by atoms with van der Waals surface area (Å²) in [4.78, 5) is 26.2. The quantitative estimate of drug-likeness (QED) is 0.498. The topological polar surface area (TPSA) is 78.2 Å². The molecule has 1 N–H and O–H groups in total. The molecule has 0 bridgehead atoms. The number of aromatic nitrogens is 3. The van der Waals surface area contributed by atoms with Crippen LogP contribution in [0.15, 0.2) is 59.5 Å². The summed E-state index contributed by atoms with van der Waals surface area (Å²) in [5, 5.41) is 8.88. The van der Waals surface area contributed by atoms with Gasteiger partial charge in [-0.3, -0.25) is 9.59 Å². The van der Waals surface area contributed by atoms with Gasteiger partial charge in [0.2, 0.25) is 5.91 Å². The highest BCUT2D eigenvalue weighted by Gasteiger charge is 2.25. The number of nitrogens with zero attached hydrogens (tertiary/aromatic N) is 3. The van der Waals surface area contributed by atoms with Gasteiger partial charge in [-0.1, -0.05) is 37.3 Å². The number of aryl methyl sites for hydroxylation is 1. The molecular weight excluding hydrogens is 392 g/mol. The van der Waals surface area contributed by atoms with Crippen molar-refractivity contribution < 1.29 is 9.53 Å². The molecule has 0 aliphatic carbocycles. The van der Waals surface area contributed by atoms with E-state index < -0.39 is 6.04 Å². The lowest BCUT2D eigenvalue weighted by atomic mass is 10.1. The Morgan fingerprint density at radius 3 is 2.55 bits per heavy atom. The van der Waals surface area contributed by atoms with Gasteiger partial charge in [0.1, 0.15) is 17.3 Å². The number of nitrogens with one attached hydrogen (secondary N) is 1. The summed E-state index contributed by atoms with van der Waals surface area (Å²) in [6.45, 7) is 4.91. The Morgan fingerprint density at radius 1 is 1.10 bits per heavy atom. The predicted molar refractivity (Wildman–Crippen MR) is 121 cm³/mol. The van der Waals surface area contributed by atoms with Crippen LogP contribution in [0.1, 0.15) is 31.9 Å². The third-order valence-corrected chi connectivity index (χ3v) is 5.51. The molecule has 160 valence electrons. The molecule has 2 aromatic carbocycles. The van der Waals surface area contributed by atoms with Crippen LogP contribution in [0.5, 0.6) is 5.75 Å². The Balaban J connectivity index is 1.69. The van der Waals surface area contributed by atoms with Crippen LogP contribution in [0.4, 0.5) is 0 Å². The number of carbonyl (C=O) groups excluding carboxylic acids is 1. The fraction of sp³-hybridized carbons (Fsp3) is 0.292. The van der Waals surface area contributed by atoms with E-state index in [1.165, 1.54) is 4.68 Å². The van der Waals surface area contributed by atoms with Crippen molar-refractivity contribution in [3.63, 3.8) is 0 Å². The fourth-order valence-electron chi connectivity index (χ4n) is 3.97. The lowest BCUT2D eigenvalue weighted by Crippen LogP contribution is -2.33. The first kappa shape index (κ1) is 20.7. The molecule has 0 fully saturated rings. The van der Waals surface area contributed by atoms with Gasteiger partial charge >= 0.3 is 0 Å². The van der Waals surface area contributed by atoms with Crippen molar-refractivity contribution >= 4 is 27.7 Å². The molecule has 0 unspecified atom stereocenters. The van der Waals surface area contributed by atoms with Crippen LogP contribution in [0, 0.1) is 0 Å². The molecule has 4 rings (SSSR count). The maximum Gasteiger partial charge on any atom is 0.291 e. The second-order valence-corrected chi connectivity index (χ2v) is 7.44. The van der Waals surface area contributed by atoms with Gasteiger partial charge in [-0.2, -0.15) is 5.10 Å². The number of carbonyl (C=O) groups is 1. The number of hydrogen-bond donors (Lipinski definition) is 1. The normalized spacial score (nSPS) is 12.2. The third-order valence-electron chi connectivity index (χ3n) is 5.51. The summed E-state index contributed by atoms with van der Waals surface area (Å²) in [7, 11) is 1.62. The van der Waals surface area contributed by atoms with Crippen LogP contribution < -0.4 is 15.6 Å². The fourth-order valence-corrected chi connectivity index (χ4v) is 3.97. The molecule has 7 heteroatoms. The number of hydrogen-bond acceptors (Lipinski definition) is 4. The smallest absolute Gasteiger partial charge is 0.291 e. The van der Waals surface area contributed by atoms with Gasteiger partial charge in [0.25, 0.3) is 5.56 Å². The summed E-state index contributed by atoms with van der Waals surface area (Å²) < 4.78 is 8.64. The molecule has 0 radical (unpaired) electrons. The maximum absolute atomic E-state index is 13.2. The van der Waals surface area contributed by atoms with E-state index in [0.717, 1.165) is 27.6 Å².